The van der Waals surface area contributed by atoms with Crippen molar-refractivity contribution < 1.29 is 4.49 Å². The minimum absolute atomic E-state index is 0.403. The first-order chi connectivity index (χ1) is 10.8. The number of rotatable bonds is 3. The van der Waals surface area contributed by atoms with Gasteiger partial charge in [0.25, 0.3) is 0 Å². The lowest BCUT2D eigenvalue weighted by Gasteiger charge is -2.26. The second kappa shape index (κ2) is 6.00. The Morgan fingerprint density at radius 2 is 1.39 bits per heavy atom. The van der Waals surface area contributed by atoms with E-state index in [0.29, 0.717) is 11.8 Å². The normalized spacial score (nSPS) is 15.9. The van der Waals surface area contributed by atoms with Crippen molar-refractivity contribution in [3.05, 3.63) is 59.2 Å². The zero-order valence-corrected chi connectivity index (χ0v) is 15.6. The summed E-state index contributed by atoms with van der Waals surface area (Å²) < 4.78 is 2.10. The number of hydrogen-bond acceptors (Lipinski definition) is 0. The largest absolute Gasteiger partial charge is 0.475 e. The van der Waals surface area contributed by atoms with Crippen molar-refractivity contribution in [2.75, 3.05) is 0 Å². The van der Waals surface area contributed by atoms with Gasteiger partial charge in [-0.05, 0) is 11.8 Å². The van der Waals surface area contributed by atoms with E-state index in [-0.39, 0.29) is 0 Å². The Hall–Kier alpha value is -1.25. The summed E-state index contributed by atoms with van der Waals surface area (Å²) in [5.74, 6) is 0.807. The Bertz CT molecular complexity index is 752. The monoisotopic (exact) mass is 345 g/mol. The standard InChI is InChI=1S/C19H22BCl2N/c1-13(2)16-9-7-10-17(14(3)4)19(16)23-12-15-8-5-6-11-18(15)20(23,21)22/h5-14H,1-4H3. The molecule has 0 N–H and O–H groups in total. The third kappa shape index (κ3) is 2.73. The maximum Gasteiger partial charge on any atom is 0.475 e. The average molecular weight is 346 g/mol. The van der Waals surface area contributed by atoms with Gasteiger partial charge in [0.2, 0.25) is 0 Å². The molecule has 23 heavy (non-hydrogen) atoms. The lowest BCUT2D eigenvalue weighted by Crippen LogP contribution is -2.43. The van der Waals surface area contributed by atoms with Gasteiger partial charge in [0.1, 0.15) is 6.21 Å². The van der Waals surface area contributed by atoms with E-state index in [1.54, 1.807) is 0 Å². The molecule has 0 aromatic heterocycles. The molecule has 0 atom stereocenters. The van der Waals surface area contributed by atoms with Crippen molar-refractivity contribution in [2.45, 2.75) is 39.5 Å². The van der Waals surface area contributed by atoms with Crippen LogP contribution in [-0.4, -0.2) is 15.8 Å². The second-order valence-electron chi connectivity index (χ2n) is 6.88. The molecule has 0 spiro atoms. The van der Waals surface area contributed by atoms with Crippen molar-refractivity contribution >= 4 is 45.4 Å². The van der Waals surface area contributed by atoms with Crippen LogP contribution in [0.2, 0.25) is 0 Å². The van der Waals surface area contributed by atoms with Gasteiger partial charge in [-0.2, -0.15) is 0 Å². The van der Waals surface area contributed by atoms with E-state index in [9.17, 15) is 0 Å². The summed E-state index contributed by atoms with van der Waals surface area (Å²) in [6, 6.07) is 14.6. The van der Waals surface area contributed by atoms with E-state index < -0.39 is 5.11 Å². The molecule has 1 heterocycles. The molecule has 3 rings (SSSR count). The Morgan fingerprint density at radius 1 is 0.826 bits per heavy atom. The molecule has 0 amide bonds. The van der Waals surface area contributed by atoms with Crippen LogP contribution in [0, 0.1) is 0 Å². The molecule has 0 radical (unpaired) electrons. The van der Waals surface area contributed by atoms with Crippen molar-refractivity contribution in [3.63, 3.8) is 0 Å². The number of nitrogens with zero attached hydrogens (tertiary/aromatic N) is 1. The predicted molar refractivity (Wildman–Crippen MR) is 103 cm³/mol. The van der Waals surface area contributed by atoms with E-state index in [1.165, 1.54) is 16.8 Å². The fourth-order valence-electron chi connectivity index (χ4n) is 3.37. The van der Waals surface area contributed by atoms with E-state index in [1.807, 2.05) is 18.2 Å². The van der Waals surface area contributed by atoms with Crippen LogP contribution in [0.15, 0.2) is 42.5 Å². The molecule has 2 aromatic carbocycles. The van der Waals surface area contributed by atoms with Crippen LogP contribution >= 0.6 is 22.9 Å². The van der Waals surface area contributed by atoms with Crippen LogP contribution in [0.3, 0.4) is 0 Å². The highest BCUT2D eigenvalue weighted by molar-refractivity contribution is 7.47. The van der Waals surface area contributed by atoms with E-state index >= 15 is 0 Å². The number of hydrogen-bond donors (Lipinski definition) is 0. The van der Waals surface area contributed by atoms with Crippen molar-refractivity contribution in [3.8, 4) is 0 Å². The van der Waals surface area contributed by atoms with Gasteiger partial charge in [-0.15, -0.1) is 0 Å². The quantitative estimate of drug-likeness (QED) is 0.661. The smallest absolute Gasteiger partial charge is 0.388 e. The van der Waals surface area contributed by atoms with Crippen molar-refractivity contribution in [2.24, 2.45) is 0 Å². The molecule has 0 unspecified atom stereocenters. The van der Waals surface area contributed by atoms with Gasteiger partial charge in [-0.1, -0.05) is 75.6 Å². The summed E-state index contributed by atoms with van der Waals surface area (Å²) in [4.78, 5) is 0. The molecule has 0 saturated heterocycles. The Balaban J connectivity index is 2.28. The summed E-state index contributed by atoms with van der Waals surface area (Å²) in [7, 11) is 0. The second-order valence-corrected chi connectivity index (χ2v) is 8.37. The van der Waals surface area contributed by atoms with Gasteiger partial charge in [0.15, 0.2) is 5.69 Å². The van der Waals surface area contributed by atoms with Gasteiger partial charge in [-0.25, -0.2) is 0 Å². The molecule has 2 aromatic rings. The average Bonchev–Trinajstić information content (AvgIpc) is 2.78. The summed E-state index contributed by atoms with van der Waals surface area (Å²) in [6.45, 7) is 8.85. The molecular weight excluding hydrogens is 324 g/mol. The first kappa shape index (κ1) is 16.6. The minimum Gasteiger partial charge on any atom is -0.388 e. The van der Waals surface area contributed by atoms with Crippen LogP contribution < -0.4 is 5.46 Å². The summed E-state index contributed by atoms with van der Waals surface area (Å²) in [6.07, 6.45) is 2.10. The maximum absolute atomic E-state index is 6.87. The fraction of sp³-hybridized carbons (Fsp3) is 0.316. The number of benzene rings is 2. The van der Waals surface area contributed by atoms with Crippen LogP contribution in [0.25, 0.3) is 0 Å². The summed E-state index contributed by atoms with van der Waals surface area (Å²) in [5.41, 5.74) is 5.84. The lowest BCUT2D eigenvalue weighted by atomic mass is 9.77. The van der Waals surface area contributed by atoms with Crippen molar-refractivity contribution in [1.82, 2.24) is 0 Å². The molecule has 1 aliphatic heterocycles. The molecular formula is C19H22BCl2N. The molecule has 120 valence electrons. The summed E-state index contributed by atoms with van der Waals surface area (Å²) in [5, 5.41) is -1.84. The molecule has 0 bridgehead atoms. The molecule has 0 aliphatic carbocycles. The van der Waals surface area contributed by atoms with Gasteiger partial charge >= 0.3 is 5.11 Å². The maximum atomic E-state index is 6.87. The highest BCUT2D eigenvalue weighted by Crippen LogP contribution is 2.39. The zero-order valence-electron chi connectivity index (χ0n) is 14.1. The SMILES string of the molecule is CC(C)c1cccc(C(C)C)c1[N+]1=Cc2ccccc2[B-]1(Cl)Cl. The van der Waals surface area contributed by atoms with Crippen molar-refractivity contribution in [1.29, 1.82) is 0 Å². The zero-order chi connectivity index (χ0) is 16.8. The fourth-order valence-corrected chi connectivity index (χ4v) is 4.08. The summed E-state index contributed by atoms with van der Waals surface area (Å²) >= 11 is 13.7. The third-order valence-corrected chi connectivity index (χ3v) is 5.49. The molecule has 0 fully saturated rings. The van der Waals surface area contributed by atoms with Crippen LogP contribution in [-0.2, 0) is 0 Å². The third-order valence-electron chi connectivity index (χ3n) is 4.60. The molecule has 1 nitrogen and oxygen atoms in total. The van der Waals surface area contributed by atoms with Gasteiger partial charge in [0, 0.05) is 16.7 Å². The minimum atomic E-state index is -1.84. The number of fused-ring (bicyclic) bond motifs is 1. The highest BCUT2D eigenvalue weighted by Gasteiger charge is 2.44. The number of para-hydroxylation sites is 1. The van der Waals surface area contributed by atoms with E-state index in [2.05, 4.69) is 62.7 Å². The lowest BCUT2D eigenvalue weighted by molar-refractivity contribution is -0.275. The van der Waals surface area contributed by atoms with Gasteiger partial charge < -0.3 is 4.49 Å². The van der Waals surface area contributed by atoms with Crippen LogP contribution in [0.5, 0.6) is 0 Å². The van der Waals surface area contributed by atoms with E-state index in [0.717, 1.165) is 11.0 Å². The first-order valence-electron chi connectivity index (χ1n) is 8.21. The Labute approximate surface area is 148 Å². The van der Waals surface area contributed by atoms with E-state index in [4.69, 9.17) is 22.9 Å². The highest BCUT2D eigenvalue weighted by atomic mass is 35.5. The topological polar surface area (TPSA) is 3.01 Å². The first-order valence-corrected chi connectivity index (χ1v) is 9.08. The molecule has 4 heteroatoms. The number of halogens is 2. The van der Waals surface area contributed by atoms with Gasteiger partial charge in [0.05, 0.1) is 0 Å². The molecule has 1 aliphatic rings. The van der Waals surface area contributed by atoms with Gasteiger partial charge in [-0.3, -0.25) is 22.9 Å². The Morgan fingerprint density at radius 3 is 1.91 bits per heavy atom. The molecule has 0 saturated carbocycles. The van der Waals surface area contributed by atoms with Crippen LogP contribution in [0.4, 0.5) is 5.69 Å². The predicted octanol–water partition coefficient (Wildman–Crippen LogP) is 5.33. The Kier molecular flexibility index (Phi) is 4.33. The van der Waals surface area contributed by atoms with Crippen LogP contribution in [0.1, 0.15) is 56.2 Å².